The van der Waals surface area contributed by atoms with E-state index in [1.54, 1.807) is 53.9 Å². The summed E-state index contributed by atoms with van der Waals surface area (Å²) in [5.74, 6) is 0.710. The van der Waals surface area contributed by atoms with Crippen LogP contribution in [0.5, 0.6) is 11.5 Å². The highest BCUT2D eigenvalue weighted by Crippen LogP contribution is 2.33. The van der Waals surface area contributed by atoms with E-state index in [4.69, 9.17) is 14.2 Å². The number of fused-ring (bicyclic) bond motifs is 1. The van der Waals surface area contributed by atoms with Gasteiger partial charge in [-0.1, -0.05) is 42.1 Å². The van der Waals surface area contributed by atoms with Crippen LogP contribution in [0.2, 0.25) is 0 Å². The number of ether oxygens (including phenoxy) is 3. The van der Waals surface area contributed by atoms with Gasteiger partial charge in [-0.2, -0.15) is 0 Å². The first-order valence-corrected chi connectivity index (χ1v) is 15.5. The molecule has 220 valence electrons. The molecule has 11 heteroatoms. The molecule has 0 N–H and O–H groups in total. The summed E-state index contributed by atoms with van der Waals surface area (Å²) in [6, 6.07) is 18.9. The van der Waals surface area contributed by atoms with E-state index >= 15 is 0 Å². The van der Waals surface area contributed by atoms with Crippen molar-refractivity contribution in [3.63, 3.8) is 0 Å². The standard InChI is InChI=1S/C32H27F2N3O4S2/c1-20-13-26(23-15-25(34)31(38)37(17-23)16-21-8-9-27-29(14-21)41-19-40-27)36-32(35-20)43-12-10-28(30-7-4-11-42-30)39-18-22-5-2-3-6-24(22)33/h2-9,11,13-15,17,28H,10,12,16,18-19H2,1H3. The zero-order valence-corrected chi connectivity index (χ0v) is 24.8. The minimum atomic E-state index is -0.866. The molecule has 0 radical (unpaired) electrons. The molecule has 1 aliphatic heterocycles. The SMILES string of the molecule is Cc1cc(-c2cc(F)c(=O)n(Cc3ccc4c(c3)OCO4)c2)nc(SCCC(OCc2ccccc2F)c2cccs2)n1. The van der Waals surface area contributed by atoms with E-state index in [9.17, 15) is 13.6 Å². The van der Waals surface area contributed by atoms with Gasteiger partial charge in [-0.3, -0.25) is 4.79 Å². The number of thiophene rings is 1. The van der Waals surface area contributed by atoms with Gasteiger partial charge in [0.05, 0.1) is 24.9 Å². The topological polar surface area (TPSA) is 75.5 Å². The first-order valence-electron chi connectivity index (χ1n) is 13.6. The molecule has 0 bridgehead atoms. The highest BCUT2D eigenvalue weighted by atomic mass is 32.2. The molecule has 5 aromatic rings. The third-order valence-electron chi connectivity index (χ3n) is 6.83. The molecule has 0 aliphatic carbocycles. The summed E-state index contributed by atoms with van der Waals surface area (Å²) < 4.78 is 47.2. The maximum Gasteiger partial charge on any atom is 0.286 e. The minimum absolute atomic E-state index is 0.144. The molecule has 0 fully saturated rings. The van der Waals surface area contributed by atoms with Gasteiger partial charge < -0.3 is 18.8 Å². The highest BCUT2D eigenvalue weighted by molar-refractivity contribution is 7.99. The predicted molar refractivity (Wildman–Crippen MR) is 162 cm³/mol. The molecular weight excluding hydrogens is 592 g/mol. The van der Waals surface area contributed by atoms with E-state index in [2.05, 4.69) is 9.97 Å². The van der Waals surface area contributed by atoms with Crippen LogP contribution in [0.15, 0.2) is 88.3 Å². The summed E-state index contributed by atoms with van der Waals surface area (Å²) in [6.45, 7) is 2.31. The Bertz CT molecular complexity index is 1800. The number of nitrogens with zero attached hydrogens (tertiary/aromatic N) is 3. The molecule has 3 aromatic heterocycles. The lowest BCUT2D eigenvalue weighted by Crippen LogP contribution is -2.23. The second-order valence-corrected chi connectivity index (χ2v) is 12.0. The summed E-state index contributed by atoms with van der Waals surface area (Å²) in [5, 5.41) is 2.52. The van der Waals surface area contributed by atoms with Crippen LogP contribution in [0.4, 0.5) is 8.78 Å². The summed E-state index contributed by atoms with van der Waals surface area (Å²) >= 11 is 3.05. The summed E-state index contributed by atoms with van der Waals surface area (Å²) in [5.41, 5.74) is 2.25. The van der Waals surface area contributed by atoms with Crippen LogP contribution in [0.1, 0.15) is 34.2 Å². The van der Waals surface area contributed by atoms with Gasteiger partial charge in [0.1, 0.15) is 5.82 Å². The lowest BCUT2D eigenvalue weighted by molar-refractivity contribution is 0.0387. The van der Waals surface area contributed by atoms with E-state index in [0.717, 1.165) is 10.4 Å². The van der Waals surface area contributed by atoms with Crippen molar-refractivity contribution in [2.24, 2.45) is 0 Å². The first-order chi connectivity index (χ1) is 20.9. The third kappa shape index (κ3) is 6.96. The normalized spacial score (nSPS) is 12.9. The molecule has 1 unspecified atom stereocenters. The van der Waals surface area contributed by atoms with Crippen LogP contribution in [-0.4, -0.2) is 27.1 Å². The van der Waals surface area contributed by atoms with Crippen LogP contribution in [0.25, 0.3) is 11.3 Å². The van der Waals surface area contributed by atoms with Gasteiger partial charge in [0, 0.05) is 33.6 Å². The van der Waals surface area contributed by atoms with Crippen LogP contribution < -0.4 is 15.0 Å². The number of halogens is 2. The number of aryl methyl sites for hydroxylation is 1. The van der Waals surface area contributed by atoms with Crippen LogP contribution in [0.3, 0.4) is 0 Å². The number of thioether (sulfide) groups is 1. The quantitative estimate of drug-likeness (QED) is 0.115. The van der Waals surface area contributed by atoms with Crippen molar-refractivity contribution in [2.75, 3.05) is 12.5 Å². The van der Waals surface area contributed by atoms with E-state index in [0.29, 0.717) is 51.3 Å². The average Bonchev–Trinajstić information content (AvgIpc) is 3.70. The maximum absolute atomic E-state index is 14.8. The monoisotopic (exact) mass is 619 g/mol. The summed E-state index contributed by atoms with van der Waals surface area (Å²) in [7, 11) is 0. The molecule has 2 aromatic carbocycles. The Morgan fingerprint density at radius 1 is 1.02 bits per heavy atom. The lowest BCUT2D eigenvalue weighted by atomic mass is 10.1. The largest absolute Gasteiger partial charge is 0.454 e. The van der Waals surface area contributed by atoms with Crippen LogP contribution >= 0.6 is 23.1 Å². The summed E-state index contributed by atoms with van der Waals surface area (Å²) in [4.78, 5) is 23.0. The zero-order valence-electron chi connectivity index (χ0n) is 23.2. The molecule has 0 amide bonds. The molecular formula is C32H27F2N3O4S2. The van der Waals surface area contributed by atoms with Crippen molar-refractivity contribution in [1.29, 1.82) is 0 Å². The number of hydrogen-bond donors (Lipinski definition) is 0. The van der Waals surface area contributed by atoms with E-state index in [1.165, 1.54) is 28.5 Å². The Labute approximate surface area is 255 Å². The van der Waals surface area contributed by atoms with Gasteiger partial charge >= 0.3 is 0 Å². The van der Waals surface area contributed by atoms with Gasteiger partial charge in [-0.15, -0.1) is 11.3 Å². The summed E-state index contributed by atoms with van der Waals surface area (Å²) in [6.07, 6.45) is 2.04. The van der Waals surface area contributed by atoms with Crippen molar-refractivity contribution in [3.05, 3.63) is 122 Å². The molecule has 0 spiro atoms. The number of pyridine rings is 1. The zero-order chi connectivity index (χ0) is 29.8. The Balaban J connectivity index is 1.17. The van der Waals surface area contributed by atoms with E-state index < -0.39 is 11.4 Å². The highest BCUT2D eigenvalue weighted by Gasteiger charge is 2.17. The predicted octanol–water partition coefficient (Wildman–Crippen LogP) is 7.17. The fourth-order valence-corrected chi connectivity index (χ4v) is 6.39. The molecule has 7 nitrogen and oxygen atoms in total. The molecule has 43 heavy (non-hydrogen) atoms. The lowest BCUT2D eigenvalue weighted by Gasteiger charge is -2.17. The Hall–Kier alpha value is -4.06. The van der Waals surface area contributed by atoms with Crippen LogP contribution in [-0.2, 0) is 17.9 Å². The average molecular weight is 620 g/mol. The third-order valence-corrected chi connectivity index (χ3v) is 8.68. The smallest absolute Gasteiger partial charge is 0.286 e. The fourth-order valence-electron chi connectivity index (χ4n) is 4.69. The fraction of sp³-hybridized carbons (Fsp3) is 0.219. The minimum Gasteiger partial charge on any atom is -0.454 e. The van der Waals surface area contributed by atoms with Gasteiger partial charge in [-0.25, -0.2) is 18.7 Å². The Kier molecular flexibility index (Phi) is 8.82. The number of aromatic nitrogens is 3. The molecule has 1 atom stereocenters. The van der Waals surface area contributed by atoms with Crippen molar-refractivity contribution in [1.82, 2.24) is 14.5 Å². The number of rotatable bonds is 11. The van der Waals surface area contributed by atoms with Gasteiger partial charge in [0.2, 0.25) is 6.79 Å². The van der Waals surface area contributed by atoms with Crippen molar-refractivity contribution >= 4 is 23.1 Å². The maximum atomic E-state index is 14.8. The van der Waals surface area contributed by atoms with E-state index in [1.807, 2.05) is 30.5 Å². The van der Waals surface area contributed by atoms with Crippen molar-refractivity contribution in [2.45, 2.75) is 37.8 Å². The molecule has 1 aliphatic rings. The Morgan fingerprint density at radius 3 is 2.72 bits per heavy atom. The van der Waals surface area contributed by atoms with Gasteiger partial charge in [-0.05, 0) is 60.7 Å². The molecule has 4 heterocycles. The molecule has 0 saturated carbocycles. The Morgan fingerprint density at radius 2 is 1.88 bits per heavy atom. The first kappa shape index (κ1) is 29.0. The second kappa shape index (κ2) is 13.1. The molecule has 0 saturated heterocycles. The van der Waals surface area contributed by atoms with Crippen molar-refractivity contribution in [3.8, 4) is 22.8 Å². The number of benzene rings is 2. The van der Waals surface area contributed by atoms with Gasteiger partial charge in [0.25, 0.3) is 5.56 Å². The van der Waals surface area contributed by atoms with Gasteiger partial charge in [0.15, 0.2) is 22.5 Å². The van der Waals surface area contributed by atoms with Crippen molar-refractivity contribution < 1.29 is 23.0 Å². The van der Waals surface area contributed by atoms with E-state index in [-0.39, 0.29) is 31.9 Å². The second-order valence-electron chi connectivity index (χ2n) is 9.92. The number of hydrogen-bond acceptors (Lipinski definition) is 8. The van der Waals surface area contributed by atoms with Crippen LogP contribution in [0, 0.1) is 18.6 Å². The molecule has 6 rings (SSSR count).